The minimum atomic E-state index is -0.719. The molecule has 64 heavy (non-hydrogen) atoms. The Labute approximate surface area is 415 Å². The van der Waals surface area contributed by atoms with Crippen LogP contribution in [0, 0.1) is 17.8 Å². The van der Waals surface area contributed by atoms with E-state index >= 15 is 0 Å². The minimum absolute atomic E-state index is 0.154. The van der Waals surface area contributed by atoms with Crippen LogP contribution in [0.4, 0.5) is 0 Å². The van der Waals surface area contributed by atoms with Gasteiger partial charge in [-0.2, -0.15) is 0 Å². The molecule has 0 aliphatic carbocycles. The number of rotatable bonds is 50. The Morgan fingerprint density at radius 1 is 0.359 bits per heavy atom. The summed E-state index contributed by atoms with van der Waals surface area (Å²) in [4.78, 5) is 12.9. The SMILES string of the molecule is C=C(C(=O)O)C(C(CCCCCCCCCCCC)CCCCCCCCCCCCC)C(CCCCCCCCCCCC)CCCCCCCCCCCCC.CC(C)O.[O]=[Ti]. The number of hydrogen-bond acceptors (Lipinski definition) is 3. The van der Waals surface area contributed by atoms with E-state index in [1.54, 1.807) is 13.8 Å². The van der Waals surface area contributed by atoms with Crippen molar-refractivity contribution in [2.24, 2.45) is 17.8 Å². The average molecular weight is 939 g/mol. The van der Waals surface area contributed by atoms with E-state index in [-0.39, 0.29) is 12.0 Å². The van der Waals surface area contributed by atoms with E-state index in [1.807, 2.05) is 0 Å². The van der Waals surface area contributed by atoms with Crippen molar-refractivity contribution in [1.82, 2.24) is 0 Å². The first-order chi connectivity index (χ1) is 31.3. The van der Waals surface area contributed by atoms with Crippen molar-refractivity contribution in [3.8, 4) is 0 Å². The summed E-state index contributed by atoms with van der Waals surface area (Å²) >= 11 is 0.750. The number of aliphatic hydroxyl groups is 1. The molecule has 0 rings (SSSR count). The number of aliphatic hydroxyl groups excluding tert-OH is 1. The van der Waals surface area contributed by atoms with Gasteiger partial charge in [0.15, 0.2) is 0 Å². The second-order valence-corrected chi connectivity index (χ2v) is 20.6. The van der Waals surface area contributed by atoms with Gasteiger partial charge in [0.2, 0.25) is 0 Å². The Balaban J connectivity index is -0.00000584. The Morgan fingerprint density at radius 2 is 0.500 bits per heavy atom. The van der Waals surface area contributed by atoms with Gasteiger partial charge < -0.3 is 10.2 Å². The van der Waals surface area contributed by atoms with Crippen LogP contribution in [0.2, 0.25) is 0 Å². The average Bonchev–Trinajstić information content (AvgIpc) is 3.28. The van der Waals surface area contributed by atoms with Gasteiger partial charge in [-0.3, -0.25) is 0 Å². The summed E-state index contributed by atoms with van der Waals surface area (Å²) in [7, 11) is 0. The van der Waals surface area contributed by atoms with Crippen molar-refractivity contribution >= 4 is 5.97 Å². The molecule has 0 fully saturated rings. The third-order valence-corrected chi connectivity index (χ3v) is 13.9. The molecule has 0 bridgehead atoms. The van der Waals surface area contributed by atoms with Crippen LogP contribution in [0.5, 0.6) is 0 Å². The van der Waals surface area contributed by atoms with Crippen molar-refractivity contribution in [3.05, 3.63) is 12.2 Å². The zero-order chi connectivity index (χ0) is 48.0. The van der Waals surface area contributed by atoms with E-state index in [9.17, 15) is 9.90 Å². The summed E-state index contributed by atoms with van der Waals surface area (Å²) in [5.74, 6) is 0.402. The van der Waals surface area contributed by atoms with Crippen LogP contribution in [0.15, 0.2) is 12.2 Å². The van der Waals surface area contributed by atoms with E-state index < -0.39 is 5.97 Å². The molecule has 0 aromatic carbocycles. The monoisotopic (exact) mass is 939 g/mol. The van der Waals surface area contributed by atoms with Gasteiger partial charge in [-0.15, -0.1) is 0 Å². The molecule has 0 radical (unpaired) electrons. The molecule has 0 spiro atoms. The molecule has 0 heterocycles. The quantitative estimate of drug-likeness (QED) is 0.0362. The van der Waals surface area contributed by atoms with Crippen LogP contribution >= 0.6 is 0 Å². The predicted octanol–water partition coefficient (Wildman–Crippen LogP) is 20.8. The third kappa shape index (κ3) is 52.7. The fraction of sp³-hybridized carbons (Fsp3) is 0.949. The Bertz CT molecular complexity index is 835. The predicted molar refractivity (Wildman–Crippen MR) is 280 cm³/mol. The molecular weight excluding hydrogens is 821 g/mol. The van der Waals surface area contributed by atoms with Gasteiger partial charge in [0.25, 0.3) is 0 Å². The summed E-state index contributed by atoms with van der Waals surface area (Å²) in [6.07, 6.45) is 62.2. The molecular formula is C59H118O4Ti. The van der Waals surface area contributed by atoms with E-state index in [2.05, 4.69) is 34.3 Å². The second kappa shape index (κ2) is 58.8. The molecule has 5 heteroatoms. The van der Waals surface area contributed by atoms with Gasteiger partial charge in [-0.05, 0) is 57.3 Å². The Hall–Kier alpha value is -0.316. The molecule has 0 saturated heterocycles. The first-order valence-electron chi connectivity index (χ1n) is 29.1. The van der Waals surface area contributed by atoms with Gasteiger partial charge >= 0.3 is 29.7 Å². The molecule has 2 unspecified atom stereocenters. The molecule has 2 atom stereocenters. The number of unbranched alkanes of at least 4 members (excludes halogenated alkanes) is 38. The van der Waals surface area contributed by atoms with Crippen molar-refractivity contribution < 1.29 is 38.7 Å². The van der Waals surface area contributed by atoms with Gasteiger partial charge in [-0.25, -0.2) is 4.79 Å². The fourth-order valence-electron chi connectivity index (χ4n) is 10.0. The Morgan fingerprint density at radius 3 is 0.641 bits per heavy atom. The molecule has 0 aliphatic rings. The van der Waals surface area contributed by atoms with E-state index in [0.717, 1.165) is 20.4 Å². The number of carboxylic acids is 1. The van der Waals surface area contributed by atoms with Crippen LogP contribution in [0.1, 0.15) is 337 Å². The molecule has 2 N–H and O–H groups in total. The molecule has 0 aliphatic heterocycles. The van der Waals surface area contributed by atoms with Crippen LogP contribution < -0.4 is 0 Å². The summed E-state index contributed by atoms with van der Waals surface area (Å²) in [5, 5.41) is 18.6. The van der Waals surface area contributed by atoms with Crippen molar-refractivity contribution in [3.63, 3.8) is 0 Å². The summed E-state index contributed by atoms with van der Waals surface area (Å²) in [6, 6.07) is 0. The van der Waals surface area contributed by atoms with E-state index in [1.165, 1.54) is 295 Å². The first-order valence-corrected chi connectivity index (χ1v) is 29.7. The van der Waals surface area contributed by atoms with E-state index in [0.29, 0.717) is 17.4 Å². The molecule has 0 saturated carbocycles. The summed E-state index contributed by atoms with van der Waals surface area (Å²) in [6.45, 7) is 17.1. The van der Waals surface area contributed by atoms with Gasteiger partial charge in [0.05, 0.1) is 0 Å². The van der Waals surface area contributed by atoms with Crippen LogP contribution in [0.25, 0.3) is 0 Å². The van der Waals surface area contributed by atoms with Crippen molar-refractivity contribution in [2.75, 3.05) is 0 Å². The van der Waals surface area contributed by atoms with Crippen LogP contribution in [0.3, 0.4) is 0 Å². The maximum atomic E-state index is 12.9. The maximum absolute atomic E-state index is 12.9. The number of hydrogen-bond donors (Lipinski definition) is 2. The van der Waals surface area contributed by atoms with Gasteiger partial charge in [0, 0.05) is 11.7 Å². The number of carbonyl (C=O) groups is 1. The van der Waals surface area contributed by atoms with Crippen molar-refractivity contribution in [2.45, 2.75) is 343 Å². The molecule has 0 aromatic heterocycles. The molecule has 0 amide bonds. The van der Waals surface area contributed by atoms with Gasteiger partial charge in [0.1, 0.15) is 0 Å². The molecule has 382 valence electrons. The second-order valence-electron chi connectivity index (χ2n) is 20.6. The topological polar surface area (TPSA) is 74.6 Å². The molecule has 0 aromatic rings. The number of aliphatic carboxylic acids is 1. The zero-order valence-electron chi connectivity index (χ0n) is 44.8. The zero-order valence-corrected chi connectivity index (χ0v) is 46.3. The van der Waals surface area contributed by atoms with Gasteiger partial charge in [-0.1, -0.05) is 304 Å². The van der Waals surface area contributed by atoms with E-state index in [4.69, 9.17) is 8.43 Å². The first kappa shape index (κ1) is 68.0. The Kier molecular flexibility index (Phi) is 62.4. The fourth-order valence-corrected chi connectivity index (χ4v) is 10.0. The number of carboxylic acid groups (broad SMARTS) is 1. The standard InChI is InChI=1S/C56H110O2.C3H8O.O.Ti/c1-6-10-14-18-22-26-30-34-38-42-46-50-53(48-44-40-36-32-28-24-20-16-12-8-3)55(52(5)56(57)58)54(49-45-41-37-33-29-25-21-17-13-9-4)51-47-43-39-35-31-27-23-19-15-11-7-2;1-3(2)4;;/h53-55H,5-51H2,1-4H3,(H,57,58);3-4H,1-2H3;;. The third-order valence-electron chi connectivity index (χ3n) is 13.9. The van der Waals surface area contributed by atoms with Crippen molar-refractivity contribution in [1.29, 1.82) is 0 Å². The van der Waals surface area contributed by atoms with Crippen LogP contribution in [-0.2, 0) is 28.5 Å². The summed E-state index contributed by atoms with van der Waals surface area (Å²) in [5.41, 5.74) is 0.556. The van der Waals surface area contributed by atoms with Crippen LogP contribution in [-0.4, -0.2) is 22.3 Å². The normalized spacial score (nSPS) is 12.6. The molecule has 4 nitrogen and oxygen atoms in total. The summed E-state index contributed by atoms with van der Waals surface area (Å²) < 4.78 is 8.25.